The van der Waals surface area contributed by atoms with Crippen LogP contribution in [0.5, 0.6) is 0 Å². The van der Waals surface area contributed by atoms with E-state index < -0.39 is 0 Å². The van der Waals surface area contributed by atoms with E-state index in [0.29, 0.717) is 17.4 Å². The van der Waals surface area contributed by atoms with Gasteiger partial charge in [0.15, 0.2) is 5.13 Å². The Hall–Kier alpha value is -1.21. The summed E-state index contributed by atoms with van der Waals surface area (Å²) in [5.41, 5.74) is 2.17. The Morgan fingerprint density at radius 3 is 3.00 bits per heavy atom. The maximum absolute atomic E-state index is 11.6. The molecule has 0 bridgehead atoms. The van der Waals surface area contributed by atoms with Crippen molar-refractivity contribution in [1.29, 1.82) is 0 Å². The van der Waals surface area contributed by atoms with E-state index in [2.05, 4.69) is 27.3 Å². The van der Waals surface area contributed by atoms with Crippen LogP contribution in [0.15, 0.2) is 18.2 Å². The van der Waals surface area contributed by atoms with Gasteiger partial charge in [-0.3, -0.25) is 9.69 Å². The van der Waals surface area contributed by atoms with Crippen molar-refractivity contribution >= 4 is 44.2 Å². The van der Waals surface area contributed by atoms with Crippen LogP contribution in [0.2, 0.25) is 0 Å². The average molecular weight is 340 g/mol. The molecule has 1 saturated heterocycles. The molecule has 1 aliphatic rings. The number of fused-ring (bicyclic) bond motifs is 1. The van der Waals surface area contributed by atoms with Gasteiger partial charge in [0.05, 0.1) is 23.4 Å². The van der Waals surface area contributed by atoms with Gasteiger partial charge in [0.1, 0.15) is 0 Å². The normalized spacial score (nSPS) is 16.0. The molecule has 0 spiro atoms. The van der Waals surface area contributed by atoms with Crippen molar-refractivity contribution in [2.75, 3.05) is 37.5 Å². The number of carbonyl (C=O) groups is 1. The molecule has 3 rings (SSSR count). The van der Waals surface area contributed by atoms with E-state index in [1.165, 1.54) is 16.9 Å². The van der Waals surface area contributed by atoms with E-state index in [9.17, 15) is 4.79 Å². The van der Waals surface area contributed by atoms with E-state index >= 15 is 0 Å². The number of nitrogens with one attached hydrogen (secondary N) is 1. The summed E-state index contributed by atoms with van der Waals surface area (Å²) >= 11 is 7.06. The Balaban J connectivity index is 1.70. The quantitative estimate of drug-likeness (QED) is 0.851. The number of rotatable bonds is 5. The Labute approximate surface area is 138 Å². The standard InChI is InChI=1S/C15H18ClN3O2S/c16-4-3-14(20)18-15-17-12-2-1-11(9-13(12)22-15)10-19-5-7-21-8-6-19/h1-2,9H,3-8,10H2,(H,17,18,20). The van der Waals surface area contributed by atoms with Crippen LogP contribution in [0.1, 0.15) is 12.0 Å². The van der Waals surface area contributed by atoms with Gasteiger partial charge in [-0.15, -0.1) is 11.6 Å². The fourth-order valence-corrected chi connectivity index (χ4v) is 3.52. The van der Waals surface area contributed by atoms with Crippen LogP contribution in [-0.2, 0) is 16.1 Å². The molecule has 5 nitrogen and oxygen atoms in total. The number of ether oxygens (including phenoxy) is 1. The zero-order valence-electron chi connectivity index (χ0n) is 12.2. The number of hydrogen-bond acceptors (Lipinski definition) is 5. The smallest absolute Gasteiger partial charge is 0.227 e. The van der Waals surface area contributed by atoms with Crippen LogP contribution < -0.4 is 5.32 Å². The van der Waals surface area contributed by atoms with Gasteiger partial charge in [-0.2, -0.15) is 0 Å². The molecule has 2 heterocycles. The minimum absolute atomic E-state index is 0.0948. The number of hydrogen-bond donors (Lipinski definition) is 1. The number of halogens is 1. The topological polar surface area (TPSA) is 54.5 Å². The van der Waals surface area contributed by atoms with E-state index in [1.807, 2.05) is 6.07 Å². The average Bonchev–Trinajstić information content (AvgIpc) is 2.90. The third-order valence-electron chi connectivity index (χ3n) is 3.53. The van der Waals surface area contributed by atoms with Crippen molar-refractivity contribution in [2.24, 2.45) is 0 Å². The van der Waals surface area contributed by atoms with Gasteiger partial charge in [0.25, 0.3) is 0 Å². The fraction of sp³-hybridized carbons (Fsp3) is 0.467. The van der Waals surface area contributed by atoms with Crippen molar-refractivity contribution in [3.8, 4) is 0 Å². The molecule has 0 atom stereocenters. The highest BCUT2D eigenvalue weighted by Gasteiger charge is 2.12. The lowest BCUT2D eigenvalue weighted by Crippen LogP contribution is -2.35. The summed E-state index contributed by atoms with van der Waals surface area (Å²) in [6.07, 6.45) is 0.305. The van der Waals surface area contributed by atoms with Crippen LogP contribution in [0.25, 0.3) is 10.2 Å². The number of carbonyl (C=O) groups excluding carboxylic acids is 1. The van der Waals surface area contributed by atoms with E-state index in [4.69, 9.17) is 16.3 Å². The summed E-state index contributed by atoms with van der Waals surface area (Å²) in [7, 11) is 0. The van der Waals surface area contributed by atoms with Crippen LogP contribution >= 0.6 is 22.9 Å². The molecule has 1 amide bonds. The summed E-state index contributed by atoms with van der Waals surface area (Å²) < 4.78 is 6.46. The van der Waals surface area contributed by atoms with Crippen molar-refractivity contribution in [2.45, 2.75) is 13.0 Å². The highest BCUT2D eigenvalue weighted by atomic mass is 35.5. The molecular formula is C15H18ClN3O2S. The molecule has 2 aromatic rings. The number of alkyl halides is 1. The molecule has 1 N–H and O–H groups in total. The van der Waals surface area contributed by atoms with Crippen LogP contribution in [0, 0.1) is 0 Å². The number of amides is 1. The molecule has 1 aromatic heterocycles. The monoisotopic (exact) mass is 339 g/mol. The summed E-state index contributed by atoms with van der Waals surface area (Å²) in [5, 5.41) is 3.42. The first-order chi connectivity index (χ1) is 10.7. The Kier molecular flexibility index (Phi) is 5.25. The van der Waals surface area contributed by atoms with Gasteiger partial charge < -0.3 is 10.1 Å². The summed E-state index contributed by atoms with van der Waals surface area (Å²) in [4.78, 5) is 18.4. The molecule has 1 aliphatic heterocycles. The third-order valence-corrected chi connectivity index (χ3v) is 4.65. The van der Waals surface area contributed by atoms with Gasteiger partial charge in [0.2, 0.25) is 5.91 Å². The Bertz CT molecular complexity index is 655. The van der Waals surface area contributed by atoms with E-state index in [-0.39, 0.29) is 5.91 Å². The minimum Gasteiger partial charge on any atom is -0.379 e. The Morgan fingerprint density at radius 1 is 1.41 bits per heavy atom. The largest absolute Gasteiger partial charge is 0.379 e. The SMILES string of the molecule is O=C(CCCl)Nc1nc2ccc(CN3CCOCC3)cc2s1. The molecular weight excluding hydrogens is 322 g/mol. The molecule has 7 heteroatoms. The minimum atomic E-state index is -0.0948. The highest BCUT2D eigenvalue weighted by molar-refractivity contribution is 7.22. The molecule has 1 fully saturated rings. The molecule has 118 valence electrons. The fourth-order valence-electron chi connectivity index (χ4n) is 2.41. The predicted molar refractivity (Wildman–Crippen MR) is 89.7 cm³/mol. The second kappa shape index (κ2) is 7.37. The first-order valence-corrected chi connectivity index (χ1v) is 8.65. The third kappa shape index (κ3) is 3.95. The number of aromatic nitrogens is 1. The molecule has 0 saturated carbocycles. The van der Waals surface area contributed by atoms with Crippen molar-refractivity contribution < 1.29 is 9.53 Å². The van der Waals surface area contributed by atoms with Gasteiger partial charge in [0, 0.05) is 31.9 Å². The molecule has 0 aliphatic carbocycles. The number of morpholine rings is 1. The lowest BCUT2D eigenvalue weighted by Gasteiger charge is -2.26. The van der Waals surface area contributed by atoms with Gasteiger partial charge in [-0.05, 0) is 17.7 Å². The van der Waals surface area contributed by atoms with Crippen molar-refractivity contribution in [3.05, 3.63) is 23.8 Å². The lowest BCUT2D eigenvalue weighted by molar-refractivity contribution is -0.115. The van der Waals surface area contributed by atoms with Gasteiger partial charge in [-0.1, -0.05) is 17.4 Å². The number of nitrogens with zero attached hydrogens (tertiary/aromatic N) is 2. The second-order valence-electron chi connectivity index (χ2n) is 5.20. The zero-order chi connectivity index (χ0) is 15.4. The van der Waals surface area contributed by atoms with Gasteiger partial charge >= 0.3 is 0 Å². The van der Waals surface area contributed by atoms with Crippen LogP contribution in [0.4, 0.5) is 5.13 Å². The van der Waals surface area contributed by atoms with Crippen molar-refractivity contribution in [3.63, 3.8) is 0 Å². The van der Waals surface area contributed by atoms with Gasteiger partial charge in [-0.25, -0.2) is 4.98 Å². The number of thiazole rings is 1. The summed E-state index contributed by atoms with van der Waals surface area (Å²) in [5.74, 6) is 0.225. The molecule has 0 radical (unpaired) electrons. The predicted octanol–water partition coefficient (Wildman–Crippen LogP) is 2.70. The molecule has 22 heavy (non-hydrogen) atoms. The number of anilines is 1. The first kappa shape index (κ1) is 15.7. The number of benzene rings is 1. The van der Waals surface area contributed by atoms with E-state index in [1.54, 1.807) is 0 Å². The summed E-state index contributed by atoms with van der Waals surface area (Å²) in [6.45, 7) is 4.48. The highest BCUT2D eigenvalue weighted by Crippen LogP contribution is 2.27. The zero-order valence-corrected chi connectivity index (χ0v) is 13.8. The van der Waals surface area contributed by atoms with E-state index in [0.717, 1.165) is 43.1 Å². The molecule has 0 unspecified atom stereocenters. The summed E-state index contributed by atoms with van der Waals surface area (Å²) in [6, 6.07) is 6.26. The molecule has 1 aromatic carbocycles. The van der Waals surface area contributed by atoms with Crippen LogP contribution in [0.3, 0.4) is 0 Å². The maximum Gasteiger partial charge on any atom is 0.227 e. The lowest BCUT2D eigenvalue weighted by atomic mass is 10.2. The maximum atomic E-state index is 11.6. The van der Waals surface area contributed by atoms with Crippen LogP contribution in [-0.4, -0.2) is 48.0 Å². The second-order valence-corrected chi connectivity index (χ2v) is 6.61. The Morgan fingerprint density at radius 2 is 2.23 bits per heavy atom. The first-order valence-electron chi connectivity index (χ1n) is 7.30. The van der Waals surface area contributed by atoms with Crippen molar-refractivity contribution in [1.82, 2.24) is 9.88 Å².